The normalized spacial score (nSPS) is 10.8. The van der Waals surface area contributed by atoms with Crippen molar-refractivity contribution in [2.45, 2.75) is 6.42 Å². The van der Waals surface area contributed by atoms with E-state index in [0.29, 0.717) is 5.69 Å². The Bertz CT molecular complexity index is 794. The van der Waals surface area contributed by atoms with Gasteiger partial charge < -0.3 is 9.88 Å². The van der Waals surface area contributed by atoms with Crippen LogP contribution in [0.4, 0.5) is 10.1 Å². The lowest BCUT2D eigenvalue weighted by Crippen LogP contribution is -2.28. The van der Waals surface area contributed by atoms with E-state index in [1.807, 2.05) is 30.5 Å². The minimum atomic E-state index is -0.396. The topological polar surface area (TPSA) is 36.1 Å². The molecule has 0 aliphatic carbocycles. The molecule has 0 saturated heterocycles. The Balaban J connectivity index is 1.85. The third kappa shape index (κ3) is 2.52. The third-order valence-electron chi connectivity index (χ3n) is 3.60. The van der Waals surface area contributed by atoms with Crippen LogP contribution in [0.3, 0.4) is 0 Å². The van der Waals surface area contributed by atoms with Crippen molar-refractivity contribution in [3.63, 3.8) is 0 Å². The summed E-state index contributed by atoms with van der Waals surface area (Å²) in [5.74, 6) is -0.544. The molecule has 0 aliphatic heterocycles. The molecule has 0 unspecified atom stereocenters. The van der Waals surface area contributed by atoms with E-state index in [1.54, 1.807) is 25.2 Å². The van der Waals surface area contributed by atoms with Gasteiger partial charge in [0.1, 0.15) is 5.82 Å². The van der Waals surface area contributed by atoms with Crippen molar-refractivity contribution in [2.75, 3.05) is 11.9 Å². The molecule has 0 atom stereocenters. The molecule has 0 bridgehead atoms. The first-order valence-electron chi connectivity index (χ1n) is 6.73. The molecule has 21 heavy (non-hydrogen) atoms. The van der Waals surface area contributed by atoms with Gasteiger partial charge in [-0.3, -0.25) is 4.79 Å². The largest absolute Gasteiger partial charge is 0.361 e. The molecule has 3 rings (SSSR count). The second-order valence-corrected chi connectivity index (χ2v) is 4.94. The zero-order chi connectivity index (χ0) is 14.8. The molecule has 0 saturated carbocycles. The van der Waals surface area contributed by atoms with Gasteiger partial charge >= 0.3 is 0 Å². The molecule has 0 aliphatic rings. The van der Waals surface area contributed by atoms with Gasteiger partial charge in [0.05, 0.1) is 12.1 Å². The zero-order valence-corrected chi connectivity index (χ0v) is 11.6. The summed E-state index contributed by atoms with van der Waals surface area (Å²) in [5.41, 5.74) is 2.20. The average molecular weight is 282 g/mol. The predicted octanol–water partition coefficient (Wildman–Crippen LogP) is 3.51. The first-order valence-corrected chi connectivity index (χ1v) is 6.73. The maximum Gasteiger partial charge on any atom is 0.231 e. The number of para-hydroxylation sites is 2. The summed E-state index contributed by atoms with van der Waals surface area (Å²) in [5, 5.41) is 1.02. The van der Waals surface area contributed by atoms with Crippen LogP contribution in [-0.4, -0.2) is 17.9 Å². The lowest BCUT2D eigenvalue weighted by Gasteiger charge is -2.17. The van der Waals surface area contributed by atoms with E-state index >= 15 is 0 Å². The number of rotatable bonds is 3. The summed E-state index contributed by atoms with van der Waals surface area (Å²) < 4.78 is 13.7. The number of aromatic amines is 1. The Kier molecular flexibility index (Phi) is 3.44. The molecule has 0 spiro atoms. The standard InChI is InChI=1S/C17H15FN2O/c1-20(16-9-5-3-7-14(16)18)17(21)10-12-11-19-15-8-4-2-6-13(12)15/h2-9,11,19H,10H2,1H3. The molecule has 0 fully saturated rings. The molecular formula is C17H15FN2O. The van der Waals surface area contributed by atoms with Crippen LogP contribution in [0.25, 0.3) is 10.9 Å². The van der Waals surface area contributed by atoms with Gasteiger partial charge in [-0.15, -0.1) is 0 Å². The average Bonchev–Trinajstić information content (AvgIpc) is 2.90. The van der Waals surface area contributed by atoms with Crippen molar-refractivity contribution in [1.29, 1.82) is 0 Å². The number of anilines is 1. The lowest BCUT2D eigenvalue weighted by atomic mass is 10.1. The number of halogens is 1. The fraction of sp³-hybridized carbons (Fsp3) is 0.118. The molecule has 1 heterocycles. The molecule has 4 heteroatoms. The van der Waals surface area contributed by atoms with Crippen LogP contribution < -0.4 is 4.90 Å². The van der Waals surface area contributed by atoms with Crippen LogP contribution in [0, 0.1) is 5.82 Å². The Labute approximate surface area is 122 Å². The smallest absolute Gasteiger partial charge is 0.231 e. The number of benzene rings is 2. The minimum Gasteiger partial charge on any atom is -0.361 e. The number of nitrogens with one attached hydrogen (secondary N) is 1. The maximum absolute atomic E-state index is 13.7. The van der Waals surface area contributed by atoms with Gasteiger partial charge in [0, 0.05) is 24.1 Å². The highest BCUT2D eigenvalue weighted by Gasteiger charge is 2.16. The van der Waals surface area contributed by atoms with E-state index in [1.165, 1.54) is 11.0 Å². The van der Waals surface area contributed by atoms with Crippen molar-refractivity contribution < 1.29 is 9.18 Å². The van der Waals surface area contributed by atoms with Gasteiger partial charge in [-0.25, -0.2) is 4.39 Å². The summed E-state index contributed by atoms with van der Waals surface area (Å²) in [6, 6.07) is 14.1. The van der Waals surface area contributed by atoms with Crippen LogP contribution in [0.5, 0.6) is 0 Å². The molecule has 1 aromatic heterocycles. The number of fused-ring (bicyclic) bond motifs is 1. The van der Waals surface area contributed by atoms with Crippen LogP contribution in [0.2, 0.25) is 0 Å². The minimum absolute atomic E-state index is 0.148. The first-order chi connectivity index (χ1) is 10.2. The number of nitrogens with zero attached hydrogens (tertiary/aromatic N) is 1. The van der Waals surface area contributed by atoms with Gasteiger partial charge in [0.2, 0.25) is 5.91 Å². The summed E-state index contributed by atoms with van der Waals surface area (Å²) in [6.07, 6.45) is 2.06. The molecule has 1 N–H and O–H groups in total. The second-order valence-electron chi connectivity index (χ2n) is 4.94. The van der Waals surface area contributed by atoms with Crippen LogP contribution in [0.1, 0.15) is 5.56 Å². The molecule has 3 nitrogen and oxygen atoms in total. The number of hydrogen-bond donors (Lipinski definition) is 1. The maximum atomic E-state index is 13.7. The van der Waals surface area contributed by atoms with E-state index in [-0.39, 0.29) is 12.3 Å². The number of hydrogen-bond acceptors (Lipinski definition) is 1. The van der Waals surface area contributed by atoms with E-state index < -0.39 is 5.82 Å². The number of carbonyl (C=O) groups excluding carboxylic acids is 1. The number of likely N-dealkylation sites (N-methyl/N-ethyl adjacent to an activating group) is 1. The summed E-state index contributed by atoms with van der Waals surface area (Å²) in [6.45, 7) is 0. The highest BCUT2D eigenvalue weighted by atomic mass is 19.1. The van der Waals surface area contributed by atoms with Gasteiger partial charge in [-0.05, 0) is 23.8 Å². The van der Waals surface area contributed by atoms with Gasteiger partial charge in [0.15, 0.2) is 0 Å². The lowest BCUT2D eigenvalue weighted by molar-refractivity contribution is -0.117. The monoisotopic (exact) mass is 282 g/mol. The quantitative estimate of drug-likeness (QED) is 0.784. The number of amides is 1. The van der Waals surface area contributed by atoms with Crippen molar-refractivity contribution in [3.05, 3.63) is 66.1 Å². The van der Waals surface area contributed by atoms with Gasteiger partial charge in [-0.2, -0.15) is 0 Å². The van der Waals surface area contributed by atoms with Crippen molar-refractivity contribution >= 4 is 22.5 Å². The van der Waals surface area contributed by atoms with Gasteiger partial charge in [0.25, 0.3) is 0 Å². The van der Waals surface area contributed by atoms with E-state index in [0.717, 1.165) is 16.5 Å². The molecule has 106 valence electrons. The van der Waals surface area contributed by atoms with E-state index in [2.05, 4.69) is 4.98 Å². The van der Waals surface area contributed by atoms with Crippen molar-refractivity contribution in [3.8, 4) is 0 Å². The van der Waals surface area contributed by atoms with Crippen LogP contribution >= 0.6 is 0 Å². The van der Waals surface area contributed by atoms with Crippen molar-refractivity contribution in [2.24, 2.45) is 0 Å². The van der Waals surface area contributed by atoms with Crippen LogP contribution in [0.15, 0.2) is 54.7 Å². The third-order valence-corrected chi connectivity index (χ3v) is 3.60. The molecule has 2 aromatic carbocycles. The summed E-state index contributed by atoms with van der Waals surface area (Å²) in [7, 11) is 1.59. The van der Waals surface area contributed by atoms with E-state index in [4.69, 9.17) is 0 Å². The van der Waals surface area contributed by atoms with Crippen LogP contribution in [-0.2, 0) is 11.2 Å². The Morgan fingerprint density at radius 1 is 1.14 bits per heavy atom. The summed E-state index contributed by atoms with van der Waals surface area (Å²) >= 11 is 0. The Hall–Kier alpha value is -2.62. The zero-order valence-electron chi connectivity index (χ0n) is 11.6. The first kappa shape index (κ1) is 13.4. The Morgan fingerprint density at radius 2 is 1.86 bits per heavy atom. The molecule has 0 radical (unpaired) electrons. The van der Waals surface area contributed by atoms with E-state index in [9.17, 15) is 9.18 Å². The molecular weight excluding hydrogens is 267 g/mol. The highest BCUT2D eigenvalue weighted by Crippen LogP contribution is 2.21. The number of H-pyrrole nitrogens is 1. The molecule has 1 amide bonds. The van der Waals surface area contributed by atoms with Crippen molar-refractivity contribution in [1.82, 2.24) is 4.98 Å². The number of carbonyl (C=O) groups is 1. The SMILES string of the molecule is CN(C(=O)Cc1c[nH]c2ccccc12)c1ccccc1F. The fourth-order valence-electron chi connectivity index (χ4n) is 2.42. The summed E-state index contributed by atoms with van der Waals surface area (Å²) in [4.78, 5) is 16.8. The highest BCUT2D eigenvalue weighted by molar-refractivity contribution is 5.97. The van der Waals surface area contributed by atoms with Gasteiger partial charge in [-0.1, -0.05) is 30.3 Å². The number of aromatic nitrogens is 1. The second kappa shape index (κ2) is 5.40. The molecule has 3 aromatic rings. The Morgan fingerprint density at radius 3 is 2.67 bits per heavy atom. The fourth-order valence-corrected chi connectivity index (χ4v) is 2.42. The predicted molar refractivity (Wildman–Crippen MR) is 81.8 cm³/mol.